The van der Waals surface area contributed by atoms with Crippen molar-refractivity contribution in [3.05, 3.63) is 0 Å². The third-order valence-electron chi connectivity index (χ3n) is 5.16. The number of amides is 1. The fourth-order valence-corrected chi connectivity index (χ4v) is 3.74. The summed E-state index contributed by atoms with van der Waals surface area (Å²) in [5, 5.41) is 9.19. The summed E-state index contributed by atoms with van der Waals surface area (Å²) in [6.45, 7) is 11.5. The molecular formula is C15H26N2O3. The number of carboxylic acid groups (broad SMARTS) is 1. The van der Waals surface area contributed by atoms with Crippen molar-refractivity contribution in [2.24, 2.45) is 17.3 Å². The van der Waals surface area contributed by atoms with Gasteiger partial charge in [-0.3, -0.25) is 14.5 Å². The molecule has 2 aliphatic rings. The number of rotatable bonds is 5. The molecule has 5 nitrogen and oxygen atoms in total. The highest BCUT2D eigenvalue weighted by atomic mass is 16.4. The summed E-state index contributed by atoms with van der Waals surface area (Å²) in [5.74, 6) is -1.65. The predicted molar refractivity (Wildman–Crippen MR) is 76.3 cm³/mol. The molecule has 0 aromatic heterocycles. The number of aliphatic carboxylic acids is 1. The van der Waals surface area contributed by atoms with Crippen LogP contribution in [-0.4, -0.2) is 59.0 Å². The zero-order valence-electron chi connectivity index (χ0n) is 12.9. The monoisotopic (exact) mass is 282 g/mol. The van der Waals surface area contributed by atoms with E-state index in [1.165, 1.54) is 0 Å². The first kappa shape index (κ1) is 15.3. The number of carbonyl (C=O) groups excluding carboxylic acids is 1. The first-order valence-corrected chi connectivity index (χ1v) is 7.60. The van der Waals surface area contributed by atoms with E-state index in [0.717, 1.165) is 32.6 Å². The molecule has 1 heterocycles. The van der Waals surface area contributed by atoms with Gasteiger partial charge >= 0.3 is 5.97 Å². The Balaban J connectivity index is 1.98. The highest BCUT2D eigenvalue weighted by Crippen LogP contribution is 2.59. The quantitative estimate of drug-likeness (QED) is 0.825. The molecule has 1 aliphatic carbocycles. The van der Waals surface area contributed by atoms with Crippen molar-refractivity contribution in [2.75, 3.05) is 26.2 Å². The number of carbonyl (C=O) groups is 2. The van der Waals surface area contributed by atoms with Crippen LogP contribution in [0.3, 0.4) is 0 Å². The van der Waals surface area contributed by atoms with Crippen molar-refractivity contribution in [3.63, 3.8) is 0 Å². The summed E-state index contributed by atoms with van der Waals surface area (Å²) in [6, 6.07) is 0.430. The van der Waals surface area contributed by atoms with E-state index in [4.69, 9.17) is 0 Å². The summed E-state index contributed by atoms with van der Waals surface area (Å²) in [6.07, 6.45) is 0.998. The van der Waals surface area contributed by atoms with E-state index in [-0.39, 0.29) is 11.8 Å². The van der Waals surface area contributed by atoms with Gasteiger partial charge in [0.2, 0.25) is 5.91 Å². The Kier molecular flexibility index (Phi) is 4.09. The Bertz CT molecular complexity index is 404. The zero-order valence-corrected chi connectivity index (χ0v) is 12.9. The van der Waals surface area contributed by atoms with Gasteiger partial charge in [0.15, 0.2) is 0 Å². The van der Waals surface area contributed by atoms with Crippen LogP contribution in [0.25, 0.3) is 0 Å². The molecule has 0 radical (unpaired) electrons. The van der Waals surface area contributed by atoms with Crippen molar-refractivity contribution in [1.29, 1.82) is 0 Å². The molecule has 1 amide bonds. The van der Waals surface area contributed by atoms with Gasteiger partial charge in [0.05, 0.1) is 11.8 Å². The van der Waals surface area contributed by atoms with Gasteiger partial charge in [-0.25, -0.2) is 0 Å². The maximum atomic E-state index is 12.5. The van der Waals surface area contributed by atoms with Gasteiger partial charge in [-0.15, -0.1) is 0 Å². The van der Waals surface area contributed by atoms with E-state index in [1.54, 1.807) is 0 Å². The third kappa shape index (κ3) is 2.43. The molecule has 1 saturated carbocycles. The number of likely N-dealkylation sites (N-methyl/N-ethyl adjacent to an activating group) is 1. The van der Waals surface area contributed by atoms with Crippen LogP contribution in [0.15, 0.2) is 0 Å². The summed E-state index contributed by atoms with van der Waals surface area (Å²) in [7, 11) is 0. The highest BCUT2D eigenvalue weighted by Gasteiger charge is 2.66. The first-order valence-electron chi connectivity index (χ1n) is 7.60. The lowest BCUT2D eigenvalue weighted by Crippen LogP contribution is -2.39. The lowest BCUT2D eigenvalue weighted by atomic mass is 10.1. The first-order chi connectivity index (χ1) is 9.34. The van der Waals surface area contributed by atoms with Crippen LogP contribution in [0, 0.1) is 17.3 Å². The molecule has 1 N–H and O–H groups in total. The number of hydrogen-bond acceptors (Lipinski definition) is 3. The Hall–Kier alpha value is -1.10. The Morgan fingerprint density at radius 2 is 1.85 bits per heavy atom. The van der Waals surface area contributed by atoms with Crippen molar-refractivity contribution in [1.82, 2.24) is 9.80 Å². The fraction of sp³-hybridized carbons (Fsp3) is 0.867. The van der Waals surface area contributed by atoms with Gasteiger partial charge in [0.1, 0.15) is 0 Å². The third-order valence-corrected chi connectivity index (χ3v) is 5.16. The van der Waals surface area contributed by atoms with Gasteiger partial charge in [-0.1, -0.05) is 27.7 Å². The van der Waals surface area contributed by atoms with Gasteiger partial charge in [0.25, 0.3) is 0 Å². The van der Waals surface area contributed by atoms with Gasteiger partial charge in [-0.2, -0.15) is 0 Å². The minimum atomic E-state index is -0.840. The van der Waals surface area contributed by atoms with E-state index < -0.39 is 17.3 Å². The minimum absolute atomic E-state index is 0.0389. The van der Waals surface area contributed by atoms with Crippen LogP contribution in [0.2, 0.25) is 0 Å². The van der Waals surface area contributed by atoms with Crippen LogP contribution >= 0.6 is 0 Å². The molecule has 0 aromatic carbocycles. The molecule has 0 spiro atoms. The second kappa shape index (κ2) is 5.35. The van der Waals surface area contributed by atoms with Crippen molar-refractivity contribution < 1.29 is 14.7 Å². The van der Waals surface area contributed by atoms with E-state index in [1.807, 2.05) is 18.7 Å². The maximum absolute atomic E-state index is 12.5. The SMILES string of the molecule is CCN(CC)C1CCN(C(=O)[C@H]2[C@@H](C(=O)O)C2(C)C)C1. The van der Waals surface area contributed by atoms with Crippen LogP contribution in [0.1, 0.15) is 34.1 Å². The molecule has 2 fully saturated rings. The number of carboxylic acids is 1. The normalized spacial score (nSPS) is 31.6. The lowest BCUT2D eigenvalue weighted by Gasteiger charge is -2.26. The smallest absolute Gasteiger partial charge is 0.307 e. The average Bonchev–Trinajstić information content (AvgIpc) is 2.75. The predicted octanol–water partition coefficient (Wildman–Crippen LogP) is 1.29. The largest absolute Gasteiger partial charge is 0.481 e. The van der Waals surface area contributed by atoms with E-state index in [0.29, 0.717) is 6.04 Å². The Morgan fingerprint density at radius 1 is 1.25 bits per heavy atom. The van der Waals surface area contributed by atoms with Crippen molar-refractivity contribution in [2.45, 2.75) is 40.2 Å². The molecule has 1 saturated heterocycles. The summed E-state index contributed by atoms with van der Waals surface area (Å²) in [5.41, 5.74) is -0.393. The fourth-order valence-electron chi connectivity index (χ4n) is 3.74. The second-order valence-corrected chi connectivity index (χ2v) is 6.56. The van der Waals surface area contributed by atoms with Crippen LogP contribution in [0.5, 0.6) is 0 Å². The van der Waals surface area contributed by atoms with Crippen LogP contribution < -0.4 is 0 Å². The zero-order chi connectivity index (χ0) is 15.1. The molecule has 0 bridgehead atoms. The molecule has 0 aromatic rings. The molecule has 3 atom stereocenters. The van der Waals surface area contributed by atoms with Gasteiger partial charge in [0, 0.05) is 19.1 Å². The van der Waals surface area contributed by atoms with Gasteiger partial charge in [-0.05, 0) is 24.9 Å². The molecule has 114 valence electrons. The topological polar surface area (TPSA) is 60.9 Å². The number of hydrogen-bond donors (Lipinski definition) is 1. The Labute approximate surface area is 120 Å². The van der Waals surface area contributed by atoms with Crippen LogP contribution in [0.4, 0.5) is 0 Å². The molecular weight excluding hydrogens is 256 g/mol. The molecule has 1 unspecified atom stereocenters. The van der Waals surface area contributed by atoms with E-state index in [9.17, 15) is 14.7 Å². The minimum Gasteiger partial charge on any atom is -0.481 e. The average molecular weight is 282 g/mol. The van der Waals surface area contributed by atoms with Crippen molar-refractivity contribution >= 4 is 11.9 Å². The maximum Gasteiger partial charge on any atom is 0.307 e. The molecule has 20 heavy (non-hydrogen) atoms. The van der Waals surface area contributed by atoms with Crippen LogP contribution in [-0.2, 0) is 9.59 Å². The van der Waals surface area contributed by atoms with E-state index in [2.05, 4.69) is 18.7 Å². The molecule has 5 heteroatoms. The van der Waals surface area contributed by atoms with Gasteiger partial charge < -0.3 is 10.0 Å². The van der Waals surface area contributed by atoms with E-state index >= 15 is 0 Å². The summed E-state index contributed by atoms with van der Waals surface area (Å²) < 4.78 is 0. The molecule has 1 aliphatic heterocycles. The second-order valence-electron chi connectivity index (χ2n) is 6.56. The number of likely N-dealkylation sites (tertiary alicyclic amines) is 1. The lowest BCUT2D eigenvalue weighted by molar-refractivity contribution is -0.141. The van der Waals surface area contributed by atoms with Crippen molar-refractivity contribution in [3.8, 4) is 0 Å². The summed E-state index contributed by atoms with van der Waals surface area (Å²) in [4.78, 5) is 28.0. The molecule has 2 rings (SSSR count). The number of nitrogens with zero attached hydrogens (tertiary/aromatic N) is 2. The Morgan fingerprint density at radius 3 is 2.30 bits per heavy atom. The standard InChI is InChI=1S/C15H26N2O3/c1-5-16(6-2)10-7-8-17(9-10)13(18)11-12(14(19)20)15(11,3)4/h10-12H,5-9H2,1-4H3,(H,19,20)/t10?,11-,12+/m1/s1. The highest BCUT2D eigenvalue weighted by molar-refractivity contribution is 5.91. The summed E-state index contributed by atoms with van der Waals surface area (Å²) >= 11 is 0.